The van der Waals surface area contributed by atoms with E-state index in [0.29, 0.717) is 0 Å². The minimum atomic E-state index is -0.114. The SMILES string of the molecule is Fc1cc(-c2ccc(C3CCCC3)cc2)ccc1-c1ccc(CCC2CCCC2)s1. The molecular weight excluding hydrogens is 387 g/mol. The predicted octanol–water partition coefficient (Wildman–Crippen LogP) is 9.00. The fourth-order valence-corrected chi connectivity index (χ4v) is 6.45. The van der Waals surface area contributed by atoms with Crippen molar-refractivity contribution < 1.29 is 4.39 Å². The zero-order chi connectivity index (χ0) is 20.3. The summed E-state index contributed by atoms with van der Waals surface area (Å²) >= 11 is 1.76. The van der Waals surface area contributed by atoms with Crippen LogP contribution >= 0.6 is 11.3 Å². The Kier molecular flexibility index (Phi) is 6.04. The van der Waals surface area contributed by atoms with Gasteiger partial charge in [0.2, 0.25) is 0 Å². The van der Waals surface area contributed by atoms with Gasteiger partial charge in [0.15, 0.2) is 0 Å². The number of benzene rings is 2. The summed E-state index contributed by atoms with van der Waals surface area (Å²) in [6.07, 6.45) is 13.4. The molecule has 0 unspecified atom stereocenters. The molecule has 0 nitrogen and oxygen atoms in total. The Morgan fingerprint density at radius 3 is 2.20 bits per heavy atom. The largest absolute Gasteiger partial charge is 0.206 e. The highest BCUT2D eigenvalue weighted by atomic mass is 32.1. The van der Waals surface area contributed by atoms with Crippen LogP contribution in [0.1, 0.15) is 74.1 Å². The molecule has 1 aromatic heterocycles. The van der Waals surface area contributed by atoms with Crippen molar-refractivity contribution in [1.29, 1.82) is 0 Å². The maximum atomic E-state index is 15.0. The second kappa shape index (κ2) is 9.06. The standard InChI is InChI=1S/C28H31FS/c29-27-19-24(23-12-10-22(11-13-23)21-7-3-4-8-21)14-17-26(27)28-18-16-25(30-28)15-9-20-5-1-2-6-20/h10-14,16-21H,1-9,15H2. The zero-order valence-corrected chi connectivity index (χ0v) is 18.5. The highest BCUT2D eigenvalue weighted by Crippen LogP contribution is 2.37. The molecule has 0 bridgehead atoms. The first-order chi connectivity index (χ1) is 14.8. The smallest absolute Gasteiger partial charge is 0.132 e. The Bertz CT molecular complexity index is 972. The van der Waals surface area contributed by atoms with Gasteiger partial charge in [0.25, 0.3) is 0 Å². The number of thiophene rings is 1. The number of hydrogen-bond acceptors (Lipinski definition) is 1. The van der Waals surface area contributed by atoms with E-state index in [-0.39, 0.29) is 5.82 Å². The number of aryl methyl sites for hydroxylation is 1. The third-order valence-electron chi connectivity index (χ3n) is 7.24. The van der Waals surface area contributed by atoms with E-state index in [2.05, 4.69) is 42.5 Å². The van der Waals surface area contributed by atoms with Crippen LogP contribution in [-0.2, 0) is 6.42 Å². The van der Waals surface area contributed by atoms with Crippen LogP contribution in [0, 0.1) is 11.7 Å². The monoisotopic (exact) mass is 418 g/mol. The molecule has 0 radical (unpaired) electrons. The highest BCUT2D eigenvalue weighted by molar-refractivity contribution is 7.15. The summed E-state index contributed by atoms with van der Waals surface area (Å²) in [4.78, 5) is 2.44. The molecule has 0 saturated heterocycles. The van der Waals surface area contributed by atoms with Crippen molar-refractivity contribution >= 4 is 11.3 Å². The van der Waals surface area contributed by atoms with E-state index in [1.807, 2.05) is 6.07 Å². The molecule has 30 heavy (non-hydrogen) atoms. The van der Waals surface area contributed by atoms with Crippen molar-refractivity contribution in [1.82, 2.24) is 0 Å². The van der Waals surface area contributed by atoms with Crippen LogP contribution in [-0.4, -0.2) is 0 Å². The van der Waals surface area contributed by atoms with E-state index in [1.165, 1.54) is 68.2 Å². The van der Waals surface area contributed by atoms with E-state index >= 15 is 0 Å². The summed E-state index contributed by atoms with van der Waals surface area (Å²) in [7, 11) is 0. The van der Waals surface area contributed by atoms with E-state index in [1.54, 1.807) is 17.4 Å². The summed E-state index contributed by atoms with van der Waals surface area (Å²) in [6, 6.07) is 18.8. The van der Waals surface area contributed by atoms with Crippen molar-refractivity contribution in [3.05, 3.63) is 70.9 Å². The van der Waals surface area contributed by atoms with Crippen LogP contribution in [0.5, 0.6) is 0 Å². The van der Waals surface area contributed by atoms with Gasteiger partial charge >= 0.3 is 0 Å². The topological polar surface area (TPSA) is 0 Å². The quantitative estimate of drug-likeness (QED) is 0.374. The molecule has 0 amide bonds. The van der Waals surface area contributed by atoms with Crippen molar-refractivity contribution in [2.75, 3.05) is 0 Å². The fraction of sp³-hybridized carbons (Fsp3) is 0.429. The van der Waals surface area contributed by atoms with Gasteiger partial charge in [-0.15, -0.1) is 11.3 Å². The minimum absolute atomic E-state index is 0.114. The second-order valence-corrected chi connectivity index (χ2v) is 10.4. The van der Waals surface area contributed by atoms with Gasteiger partial charge in [-0.1, -0.05) is 68.9 Å². The number of rotatable bonds is 6. The van der Waals surface area contributed by atoms with Gasteiger partial charge < -0.3 is 0 Å². The lowest BCUT2D eigenvalue weighted by Crippen LogP contribution is -1.94. The van der Waals surface area contributed by atoms with Gasteiger partial charge in [-0.3, -0.25) is 0 Å². The van der Waals surface area contributed by atoms with Gasteiger partial charge in [0, 0.05) is 15.3 Å². The average molecular weight is 419 g/mol. The number of halogens is 1. The van der Waals surface area contributed by atoms with Crippen LogP contribution in [0.25, 0.3) is 21.6 Å². The van der Waals surface area contributed by atoms with Crippen molar-refractivity contribution in [2.45, 2.75) is 70.1 Å². The van der Waals surface area contributed by atoms with Crippen molar-refractivity contribution in [3.63, 3.8) is 0 Å². The summed E-state index contributed by atoms with van der Waals surface area (Å²) in [6.45, 7) is 0. The van der Waals surface area contributed by atoms with Gasteiger partial charge in [-0.25, -0.2) is 4.39 Å². The van der Waals surface area contributed by atoms with Crippen LogP contribution in [0.4, 0.5) is 4.39 Å². The predicted molar refractivity (Wildman–Crippen MR) is 127 cm³/mol. The van der Waals surface area contributed by atoms with Crippen LogP contribution in [0.15, 0.2) is 54.6 Å². The Morgan fingerprint density at radius 2 is 1.47 bits per heavy atom. The zero-order valence-electron chi connectivity index (χ0n) is 17.7. The van der Waals surface area contributed by atoms with Crippen LogP contribution < -0.4 is 0 Å². The Hall–Kier alpha value is -1.93. The molecular formula is C28H31FS. The molecule has 2 saturated carbocycles. The fourth-order valence-electron chi connectivity index (χ4n) is 5.40. The van der Waals surface area contributed by atoms with Gasteiger partial charge in [-0.05, 0) is 78.5 Å². The molecule has 1 heterocycles. The molecule has 0 N–H and O–H groups in total. The van der Waals surface area contributed by atoms with Gasteiger partial charge in [0.1, 0.15) is 5.82 Å². The lowest BCUT2D eigenvalue weighted by atomic mass is 9.95. The summed E-state index contributed by atoms with van der Waals surface area (Å²) in [5, 5.41) is 0. The summed E-state index contributed by atoms with van der Waals surface area (Å²) in [5.74, 6) is 1.52. The second-order valence-electron chi connectivity index (χ2n) is 9.25. The molecule has 0 spiro atoms. The molecule has 2 fully saturated rings. The molecule has 2 aliphatic carbocycles. The summed E-state index contributed by atoms with van der Waals surface area (Å²) < 4.78 is 15.0. The molecule has 2 aromatic carbocycles. The molecule has 5 rings (SSSR count). The van der Waals surface area contributed by atoms with Crippen LogP contribution in [0.3, 0.4) is 0 Å². The Balaban J connectivity index is 1.28. The first kappa shape index (κ1) is 20.0. The van der Waals surface area contributed by atoms with Gasteiger partial charge in [0.05, 0.1) is 0 Å². The van der Waals surface area contributed by atoms with E-state index in [0.717, 1.165) is 39.8 Å². The van der Waals surface area contributed by atoms with Crippen molar-refractivity contribution in [2.24, 2.45) is 5.92 Å². The molecule has 3 aromatic rings. The highest BCUT2D eigenvalue weighted by Gasteiger charge is 2.18. The maximum absolute atomic E-state index is 15.0. The molecule has 0 atom stereocenters. The van der Waals surface area contributed by atoms with Gasteiger partial charge in [-0.2, -0.15) is 0 Å². The molecule has 2 aliphatic rings. The Morgan fingerprint density at radius 1 is 0.767 bits per heavy atom. The minimum Gasteiger partial charge on any atom is -0.206 e. The first-order valence-electron chi connectivity index (χ1n) is 11.8. The van der Waals surface area contributed by atoms with Crippen molar-refractivity contribution in [3.8, 4) is 21.6 Å². The normalized spacial score (nSPS) is 17.8. The van der Waals surface area contributed by atoms with E-state index in [9.17, 15) is 4.39 Å². The molecule has 2 heteroatoms. The molecule has 156 valence electrons. The first-order valence-corrected chi connectivity index (χ1v) is 12.6. The number of hydrogen-bond donors (Lipinski definition) is 0. The third kappa shape index (κ3) is 4.39. The van der Waals surface area contributed by atoms with Crippen LogP contribution in [0.2, 0.25) is 0 Å². The third-order valence-corrected chi connectivity index (χ3v) is 8.42. The van der Waals surface area contributed by atoms with E-state index < -0.39 is 0 Å². The lowest BCUT2D eigenvalue weighted by molar-refractivity contribution is 0.506. The Labute approximate surface area is 184 Å². The van der Waals surface area contributed by atoms with E-state index in [4.69, 9.17) is 0 Å². The average Bonchev–Trinajstić information content (AvgIpc) is 3.55. The molecule has 0 aliphatic heterocycles. The summed E-state index contributed by atoms with van der Waals surface area (Å²) in [5.41, 5.74) is 4.24. The lowest BCUT2D eigenvalue weighted by Gasteiger charge is -2.11. The maximum Gasteiger partial charge on any atom is 0.132 e.